The van der Waals surface area contributed by atoms with Crippen LogP contribution in [0.2, 0.25) is 0 Å². The van der Waals surface area contributed by atoms with Crippen molar-refractivity contribution in [2.45, 2.75) is 16.1 Å². The van der Waals surface area contributed by atoms with Gasteiger partial charge in [-0.2, -0.15) is 10.5 Å². The lowest BCUT2D eigenvalue weighted by molar-refractivity contribution is 0.550. The van der Waals surface area contributed by atoms with E-state index in [0.29, 0.717) is 0 Å². The minimum atomic E-state index is -0.124. The second-order valence-corrected chi connectivity index (χ2v) is 6.28. The summed E-state index contributed by atoms with van der Waals surface area (Å²) < 4.78 is 0. The van der Waals surface area contributed by atoms with Gasteiger partial charge < -0.3 is 0 Å². The summed E-state index contributed by atoms with van der Waals surface area (Å²) in [4.78, 5) is 0.265. The molecular formula is C11H6Br2N2. The molecule has 0 aliphatic heterocycles. The third kappa shape index (κ3) is 0.747. The van der Waals surface area contributed by atoms with E-state index in [4.69, 9.17) is 10.5 Å². The first-order valence-electron chi connectivity index (χ1n) is 4.66. The van der Waals surface area contributed by atoms with Crippen LogP contribution >= 0.6 is 31.9 Å². The van der Waals surface area contributed by atoms with Gasteiger partial charge in [0, 0.05) is 31.6 Å². The van der Waals surface area contributed by atoms with Crippen molar-refractivity contribution in [3.63, 3.8) is 0 Å². The maximum Gasteiger partial charge on any atom is 0.0951 e. The molecule has 0 radical (unpaired) electrons. The van der Waals surface area contributed by atoms with Crippen molar-refractivity contribution in [1.29, 1.82) is 10.5 Å². The van der Waals surface area contributed by atoms with Crippen LogP contribution in [-0.4, -0.2) is 9.65 Å². The number of allylic oxidation sites excluding steroid dienone is 4. The molecule has 2 nitrogen and oxygen atoms in total. The van der Waals surface area contributed by atoms with Gasteiger partial charge in [0.15, 0.2) is 0 Å². The molecule has 74 valence electrons. The van der Waals surface area contributed by atoms with Gasteiger partial charge >= 0.3 is 0 Å². The molecule has 15 heavy (non-hydrogen) atoms. The standard InChI is InChI=1S/C11H6Br2N2/c12-8-1-6(3-14)10-5-11(8,10)7(4-15)2-9(10)13/h1-2,8-9H,5H2/t8-,9+,10-,11?/m0/s1. The fourth-order valence-electron chi connectivity index (χ4n) is 3.20. The van der Waals surface area contributed by atoms with Crippen molar-refractivity contribution < 1.29 is 0 Å². The fraction of sp³-hybridized carbons (Fsp3) is 0.455. The molecule has 1 saturated carbocycles. The van der Waals surface area contributed by atoms with E-state index >= 15 is 0 Å². The lowest BCUT2D eigenvalue weighted by Crippen LogP contribution is -2.18. The van der Waals surface area contributed by atoms with Crippen molar-refractivity contribution in [2.24, 2.45) is 10.8 Å². The van der Waals surface area contributed by atoms with E-state index in [1.807, 2.05) is 12.2 Å². The summed E-state index contributed by atoms with van der Waals surface area (Å²) in [5.41, 5.74) is 1.41. The summed E-state index contributed by atoms with van der Waals surface area (Å²) in [5, 5.41) is 18.3. The Labute approximate surface area is 105 Å². The van der Waals surface area contributed by atoms with E-state index in [1.165, 1.54) is 0 Å². The molecule has 3 rings (SSSR count). The number of alkyl halides is 2. The largest absolute Gasteiger partial charge is 0.193 e. The summed E-state index contributed by atoms with van der Waals surface area (Å²) >= 11 is 7.18. The number of nitrogens with zero attached hydrogens (tertiary/aromatic N) is 2. The average Bonchev–Trinajstić information content (AvgIpc) is 2.81. The molecule has 0 saturated heterocycles. The lowest BCUT2D eigenvalue weighted by atomic mass is 9.91. The molecule has 3 aliphatic rings. The van der Waals surface area contributed by atoms with Gasteiger partial charge in [0.25, 0.3) is 0 Å². The Balaban J connectivity index is 2.19. The van der Waals surface area contributed by atoms with Crippen LogP contribution in [0.4, 0.5) is 0 Å². The fourth-order valence-corrected chi connectivity index (χ4v) is 5.36. The van der Waals surface area contributed by atoms with E-state index in [-0.39, 0.29) is 20.5 Å². The highest BCUT2D eigenvalue weighted by atomic mass is 79.9. The SMILES string of the molecule is N#CC1=C[C@@H](Br)[C@@]23CC12[C@@H](Br)C=C3C#N. The van der Waals surface area contributed by atoms with Crippen molar-refractivity contribution >= 4 is 31.9 Å². The van der Waals surface area contributed by atoms with Crippen molar-refractivity contribution in [1.82, 2.24) is 0 Å². The van der Waals surface area contributed by atoms with Crippen LogP contribution in [0.15, 0.2) is 23.3 Å². The van der Waals surface area contributed by atoms with Crippen LogP contribution in [0, 0.1) is 33.5 Å². The summed E-state index contributed by atoms with van der Waals surface area (Å²) in [6, 6.07) is 4.55. The minimum absolute atomic E-state index is 0.124. The zero-order valence-corrected chi connectivity index (χ0v) is 10.8. The Hall–Kier alpha value is -0.580. The van der Waals surface area contributed by atoms with E-state index in [2.05, 4.69) is 44.0 Å². The number of hydrogen-bond acceptors (Lipinski definition) is 2. The zero-order valence-electron chi connectivity index (χ0n) is 7.67. The third-order valence-corrected chi connectivity index (χ3v) is 6.09. The number of halogens is 2. The topological polar surface area (TPSA) is 47.6 Å². The maximum absolute atomic E-state index is 9.13. The number of rotatable bonds is 0. The molecule has 0 amide bonds. The van der Waals surface area contributed by atoms with E-state index in [1.54, 1.807) is 0 Å². The average molecular weight is 326 g/mol. The van der Waals surface area contributed by atoms with Gasteiger partial charge in [-0.25, -0.2) is 0 Å². The summed E-state index contributed by atoms with van der Waals surface area (Å²) in [5.74, 6) is 0. The molecule has 3 aliphatic carbocycles. The Morgan fingerprint density at radius 1 is 1.07 bits per heavy atom. The van der Waals surface area contributed by atoms with E-state index in [0.717, 1.165) is 17.6 Å². The molecule has 0 spiro atoms. The van der Waals surface area contributed by atoms with E-state index in [9.17, 15) is 0 Å². The van der Waals surface area contributed by atoms with Gasteiger partial charge in [0.2, 0.25) is 0 Å². The first kappa shape index (κ1) is 9.63. The number of hydrogen-bond donors (Lipinski definition) is 0. The van der Waals surface area contributed by atoms with Crippen molar-refractivity contribution in [2.75, 3.05) is 0 Å². The van der Waals surface area contributed by atoms with Gasteiger partial charge in [-0.15, -0.1) is 0 Å². The Kier molecular flexibility index (Phi) is 1.65. The van der Waals surface area contributed by atoms with Crippen LogP contribution in [-0.2, 0) is 0 Å². The summed E-state index contributed by atoms with van der Waals surface area (Å²) in [6.45, 7) is 0. The highest BCUT2D eigenvalue weighted by Gasteiger charge is 2.81. The lowest BCUT2D eigenvalue weighted by Gasteiger charge is -2.15. The first-order chi connectivity index (χ1) is 7.13. The van der Waals surface area contributed by atoms with Gasteiger partial charge in [0.05, 0.1) is 12.1 Å². The molecule has 0 aromatic rings. The molecule has 0 N–H and O–H groups in total. The third-order valence-electron chi connectivity index (χ3n) is 4.00. The molecule has 1 fully saturated rings. The number of nitriles is 2. The van der Waals surface area contributed by atoms with Gasteiger partial charge in [-0.05, 0) is 6.42 Å². The molecule has 1 unspecified atom stereocenters. The highest BCUT2D eigenvalue weighted by molar-refractivity contribution is 9.10. The molecule has 0 aromatic carbocycles. The quantitative estimate of drug-likeness (QED) is 0.643. The summed E-state index contributed by atoms with van der Waals surface area (Å²) in [6.07, 6.45) is 4.84. The van der Waals surface area contributed by atoms with Gasteiger partial charge in [-0.3, -0.25) is 0 Å². The van der Waals surface area contributed by atoms with Crippen LogP contribution in [0.3, 0.4) is 0 Å². The van der Waals surface area contributed by atoms with Gasteiger partial charge in [-0.1, -0.05) is 44.0 Å². The molecule has 4 atom stereocenters. The zero-order chi connectivity index (χ0) is 10.8. The smallest absolute Gasteiger partial charge is 0.0951 e. The molecule has 4 heteroatoms. The molecular weight excluding hydrogens is 320 g/mol. The predicted octanol–water partition coefficient (Wildman–Crippen LogP) is 2.82. The maximum atomic E-state index is 9.13. The molecule has 0 bridgehead atoms. The first-order valence-corrected chi connectivity index (χ1v) is 6.49. The Morgan fingerprint density at radius 3 is 1.80 bits per heavy atom. The van der Waals surface area contributed by atoms with E-state index < -0.39 is 0 Å². The summed E-state index contributed by atoms with van der Waals surface area (Å²) in [7, 11) is 0. The molecule has 0 heterocycles. The second kappa shape index (κ2) is 2.56. The highest BCUT2D eigenvalue weighted by Crippen LogP contribution is 2.83. The van der Waals surface area contributed by atoms with Crippen LogP contribution in [0.25, 0.3) is 0 Å². The Bertz CT molecular complexity index is 462. The predicted molar refractivity (Wildman–Crippen MR) is 62.3 cm³/mol. The monoisotopic (exact) mass is 324 g/mol. The van der Waals surface area contributed by atoms with Crippen LogP contribution in [0.5, 0.6) is 0 Å². The van der Waals surface area contributed by atoms with Crippen LogP contribution in [0.1, 0.15) is 6.42 Å². The molecule has 0 aromatic heterocycles. The van der Waals surface area contributed by atoms with Crippen molar-refractivity contribution in [3.8, 4) is 12.1 Å². The Morgan fingerprint density at radius 2 is 1.47 bits per heavy atom. The van der Waals surface area contributed by atoms with Crippen molar-refractivity contribution in [3.05, 3.63) is 23.3 Å². The van der Waals surface area contributed by atoms with Crippen LogP contribution < -0.4 is 0 Å². The normalized spacial score (nSPS) is 49.6. The second-order valence-electron chi connectivity index (χ2n) is 4.31. The van der Waals surface area contributed by atoms with Gasteiger partial charge in [0.1, 0.15) is 0 Å². The minimum Gasteiger partial charge on any atom is -0.193 e.